The highest BCUT2D eigenvalue weighted by atomic mass is 127. The van der Waals surface area contributed by atoms with Crippen LogP contribution in [0.5, 0.6) is 0 Å². The van der Waals surface area contributed by atoms with Crippen LogP contribution in [0.2, 0.25) is 5.02 Å². The summed E-state index contributed by atoms with van der Waals surface area (Å²) < 4.78 is 1.88. The summed E-state index contributed by atoms with van der Waals surface area (Å²) in [7, 11) is 0. The lowest BCUT2D eigenvalue weighted by molar-refractivity contribution is 0.0942. The van der Waals surface area contributed by atoms with Crippen molar-refractivity contribution in [2.24, 2.45) is 17.6 Å². The number of nitrogens with zero attached hydrogens (tertiary/aromatic N) is 1. The largest absolute Gasteiger partial charge is 0.360 e. The summed E-state index contributed by atoms with van der Waals surface area (Å²) in [5.41, 5.74) is 9.92. The minimum absolute atomic E-state index is 0.0809. The van der Waals surface area contributed by atoms with Crippen molar-refractivity contribution in [2.75, 3.05) is 13.1 Å². The molecule has 5 rings (SSSR count). The summed E-state index contributed by atoms with van der Waals surface area (Å²) in [5.74, 6) is 0.955. The summed E-state index contributed by atoms with van der Waals surface area (Å²) >= 11 is 12.2. The predicted molar refractivity (Wildman–Crippen MR) is 151 cm³/mol. The first kappa shape index (κ1) is 24.0. The fraction of sp³-hybridized carbons (Fsp3) is 0.308. The van der Waals surface area contributed by atoms with Gasteiger partial charge >= 0.3 is 0 Å². The van der Waals surface area contributed by atoms with Gasteiger partial charge in [-0.05, 0) is 96.6 Å². The minimum Gasteiger partial charge on any atom is -0.360 e. The third-order valence-electron chi connectivity index (χ3n) is 6.79. The molecule has 2 aromatic carbocycles. The molecule has 0 spiro atoms. The number of pyridine rings is 1. The van der Waals surface area contributed by atoms with E-state index >= 15 is 0 Å². The van der Waals surface area contributed by atoms with Crippen LogP contribution < -0.4 is 11.1 Å². The second kappa shape index (κ2) is 10.1. The van der Waals surface area contributed by atoms with E-state index in [-0.39, 0.29) is 5.91 Å². The van der Waals surface area contributed by atoms with Crippen molar-refractivity contribution < 1.29 is 4.79 Å². The van der Waals surface area contributed by atoms with Crippen molar-refractivity contribution in [3.8, 4) is 11.3 Å². The van der Waals surface area contributed by atoms with E-state index in [1.54, 1.807) is 0 Å². The SMILES string of the molecule is NCC1CCCC(CNC(=O)c2cc(-c3c[nH]c4ccc(Br)cc34)nc3cc(Cl)c(I)cc23)C1. The third-order valence-corrected chi connectivity index (χ3v) is 8.81. The highest BCUT2D eigenvalue weighted by molar-refractivity contribution is 14.1. The topological polar surface area (TPSA) is 83.8 Å². The highest BCUT2D eigenvalue weighted by Gasteiger charge is 2.23. The number of fused-ring (bicyclic) bond motifs is 2. The first-order chi connectivity index (χ1) is 16.4. The van der Waals surface area contributed by atoms with Gasteiger partial charge in [-0.3, -0.25) is 4.79 Å². The molecule has 8 heteroatoms. The Morgan fingerprint density at radius 1 is 1.21 bits per heavy atom. The van der Waals surface area contributed by atoms with Crippen LogP contribution in [0, 0.1) is 15.4 Å². The number of aromatic amines is 1. The van der Waals surface area contributed by atoms with Gasteiger partial charge in [-0.25, -0.2) is 4.98 Å². The van der Waals surface area contributed by atoms with Crippen LogP contribution >= 0.6 is 50.1 Å². The Morgan fingerprint density at radius 2 is 2.03 bits per heavy atom. The number of nitrogens with two attached hydrogens (primary N) is 1. The number of benzene rings is 2. The minimum atomic E-state index is -0.0809. The lowest BCUT2D eigenvalue weighted by Gasteiger charge is -2.28. The van der Waals surface area contributed by atoms with Crippen LogP contribution in [0.25, 0.3) is 33.1 Å². The maximum atomic E-state index is 13.5. The maximum Gasteiger partial charge on any atom is 0.252 e. The standard InChI is InChI=1S/C26H25BrClIN4O/c27-16-4-5-23-17(7-16)20(13-31-23)24-9-19(18-8-22(29)21(28)10-25(18)33-24)26(34)32-12-15-3-1-2-14(6-15)11-30/h4-5,7-10,13-15,31H,1-3,6,11-12,30H2,(H,32,34). The molecule has 0 radical (unpaired) electrons. The smallest absolute Gasteiger partial charge is 0.252 e. The number of H-pyrrole nitrogens is 1. The van der Waals surface area contributed by atoms with Gasteiger partial charge in [0.25, 0.3) is 5.91 Å². The number of amides is 1. The number of nitrogens with one attached hydrogen (secondary N) is 2. The van der Waals surface area contributed by atoms with Gasteiger partial charge < -0.3 is 16.0 Å². The number of carbonyl (C=O) groups is 1. The molecular weight excluding hydrogens is 627 g/mol. The fourth-order valence-electron chi connectivity index (χ4n) is 4.99. The number of aromatic nitrogens is 2. The molecule has 1 aliphatic carbocycles. The predicted octanol–water partition coefficient (Wildman–Crippen LogP) is 6.90. The third kappa shape index (κ3) is 4.85. The van der Waals surface area contributed by atoms with Crippen LogP contribution in [0.1, 0.15) is 36.0 Å². The summed E-state index contributed by atoms with van der Waals surface area (Å²) in [6.07, 6.45) is 6.53. The van der Waals surface area contributed by atoms with Gasteiger partial charge in [-0.1, -0.05) is 34.0 Å². The Morgan fingerprint density at radius 3 is 2.85 bits per heavy atom. The molecule has 2 aromatic heterocycles. The van der Waals surface area contributed by atoms with Crippen molar-refractivity contribution >= 4 is 77.8 Å². The number of rotatable bonds is 5. The summed E-state index contributed by atoms with van der Waals surface area (Å²) in [6, 6.07) is 11.8. The van der Waals surface area contributed by atoms with E-state index in [2.05, 4.69) is 54.9 Å². The lowest BCUT2D eigenvalue weighted by Crippen LogP contribution is -2.33. The molecule has 2 atom stereocenters. The Labute approximate surface area is 225 Å². The molecule has 4 aromatic rings. The van der Waals surface area contributed by atoms with Crippen LogP contribution in [0.3, 0.4) is 0 Å². The van der Waals surface area contributed by atoms with E-state index in [0.717, 1.165) is 55.0 Å². The van der Waals surface area contributed by atoms with Gasteiger partial charge in [0.05, 0.1) is 21.8 Å². The number of hydrogen-bond acceptors (Lipinski definition) is 3. The summed E-state index contributed by atoms with van der Waals surface area (Å²) in [4.78, 5) is 21.7. The van der Waals surface area contributed by atoms with Crippen LogP contribution in [0.15, 0.2) is 47.1 Å². The van der Waals surface area contributed by atoms with Gasteiger partial charge in [-0.15, -0.1) is 0 Å². The molecule has 1 amide bonds. The number of carbonyl (C=O) groups excluding carboxylic acids is 1. The summed E-state index contributed by atoms with van der Waals surface area (Å²) in [5, 5.41) is 5.67. The zero-order chi connectivity index (χ0) is 23.8. The van der Waals surface area contributed by atoms with Gasteiger partial charge in [0, 0.05) is 42.6 Å². The molecule has 0 bridgehead atoms. The van der Waals surface area contributed by atoms with Gasteiger partial charge in [0.1, 0.15) is 0 Å². The van der Waals surface area contributed by atoms with Gasteiger partial charge in [-0.2, -0.15) is 0 Å². The van der Waals surface area contributed by atoms with Crippen LogP contribution in [-0.2, 0) is 0 Å². The molecule has 0 saturated heterocycles. The zero-order valence-electron chi connectivity index (χ0n) is 18.5. The normalized spacial score (nSPS) is 18.5. The molecule has 2 heterocycles. The molecule has 0 aliphatic heterocycles. The molecule has 176 valence electrons. The van der Waals surface area contributed by atoms with E-state index in [1.165, 1.54) is 12.8 Å². The lowest BCUT2D eigenvalue weighted by atomic mass is 9.81. The average Bonchev–Trinajstić information content (AvgIpc) is 3.26. The number of hydrogen-bond donors (Lipinski definition) is 3. The van der Waals surface area contributed by atoms with E-state index in [0.29, 0.717) is 34.5 Å². The van der Waals surface area contributed by atoms with Crippen LogP contribution in [0.4, 0.5) is 0 Å². The van der Waals surface area contributed by atoms with Crippen molar-refractivity contribution in [3.63, 3.8) is 0 Å². The Balaban J connectivity index is 1.54. The fourth-order valence-corrected chi connectivity index (χ4v) is 5.97. The Bertz CT molecular complexity index is 1390. The quantitative estimate of drug-likeness (QED) is 0.206. The van der Waals surface area contributed by atoms with Gasteiger partial charge in [0.2, 0.25) is 0 Å². The van der Waals surface area contributed by atoms with E-state index in [9.17, 15) is 4.79 Å². The molecular formula is C26H25BrClIN4O. The maximum absolute atomic E-state index is 13.5. The summed E-state index contributed by atoms with van der Waals surface area (Å²) in [6.45, 7) is 1.39. The Kier molecular flexibility index (Phi) is 7.16. The van der Waals surface area contributed by atoms with Crippen molar-refractivity contribution in [3.05, 3.63) is 61.2 Å². The van der Waals surface area contributed by atoms with Gasteiger partial charge in [0.15, 0.2) is 0 Å². The zero-order valence-corrected chi connectivity index (χ0v) is 23.0. The van der Waals surface area contributed by atoms with Crippen LogP contribution in [-0.4, -0.2) is 29.0 Å². The van der Waals surface area contributed by atoms with E-state index in [1.807, 2.05) is 36.5 Å². The molecule has 1 aliphatic rings. The second-order valence-electron chi connectivity index (χ2n) is 9.08. The molecule has 4 N–H and O–H groups in total. The molecule has 1 fully saturated rings. The van der Waals surface area contributed by atoms with E-state index in [4.69, 9.17) is 22.3 Å². The van der Waals surface area contributed by atoms with Crippen molar-refractivity contribution in [2.45, 2.75) is 25.7 Å². The first-order valence-corrected chi connectivity index (χ1v) is 13.7. The monoisotopic (exact) mass is 650 g/mol. The highest BCUT2D eigenvalue weighted by Crippen LogP contribution is 2.34. The van der Waals surface area contributed by atoms with Crippen molar-refractivity contribution in [1.82, 2.24) is 15.3 Å². The molecule has 1 saturated carbocycles. The molecule has 2 unspecified atom stereocenters. The van der Waals surface area contributed by atoms with E-state index < -0.39 is 0 Å². The first-order valence-electron chi connectivity index (χ1n) is 11.5. The van der Waals surface area contributed by atoms with Crippen molar-refractivity contribution in [1.29, 1.82) is 0 Å². The average molecular weight is 652 g/mol. The molecule has 5 nitrogen and oxygen atoms in total. The Hall–Kier alpha value is -1.68. The second-order valence-corrected chi connectivity index (χ2v) is 11.6. The number of halogens is 3. The molecule has 34 heavy (non-hydrogen) atoms.